The third-order valence-corrected chi connectivity index (χ3v) is 3.96. The van der Waals surface area contributed by atoms with Gasteiger partial charge in [-0.3, -0.25) is 4.79 Å². The van der Waals surface area contributed by atoms with E-state index in [9.17, 15) is 13.6 Å². The highest BCUT2D eigenvalue weighted by molar-refractivity contribution is 5.77. The summed E-state index contributed by atoms with van der Waals surface area (Å²) in [5, 5.41) is 2.69. The van der Waals surface area contributed by atoms with Gasteiger partial charge in [0.2, 0.25) is 5.88 Å². The SMILES string of the molecule is O=C(COc1ccc(Oc2ccccn2)cc1)NCCc1ccccc1OC(F)F. The third-order valence-electron chi connectivity index (χ3n) is 3.96. The lowest BCUT2D eigenvalue weighted by molar-refractivity contribution is -0.123. The van der Waals surface area contributed by atoms with Crippen LogP contribution in [0.25, 0.3) is 0 Å². The van der Waals surface area contributed by atoms with Crippen molar-refractivity contribution >= 4 is 5.91 Å². The van der Waals surface area contributed by atoms with Crippen molar-refractivity contribution in [1.29, 1.82) is 0 Å². The zero-order chi connectivity index (χ0) is 21.2. The molecule has 2 aromatic carbocycles. The van der Waals surface area contributed by atoms with Crippen molar-refractivity contribution in [2.75, 3.05) is 13.2 Å². The van der Waals surface area contributed by atoms with E-state index in [1.807, 2.05) is 6.07 Å². The largest absolute Gasteiger partial charge is 0.484 e. The van der Waals surface area contributed by atoms with Gasteiger partial charge >= 0.3 is 6.61 Å². The molecular formula is C22H20F2N2O4. The monoisotopic (exact) mass is 414 g/mol. The summed E-state index contributed by atoms with van der Waals surface area (Å²) in [5.41, 5.74) is 0.586. The summed E-state index contributed by atoms with van der Waals surface area (Å²) in [6.45, 7) is -2.80. The lowest BCUT2D eigenvalue weighted by atomic mass is 10.1. The van der Waals surface area contributed by atoms with Gasteiger partial charge in [-0.15, -0.1) is 0 Å². The smallest absolute Gasteiger partial charge is 0.387 e. The molecule has 0 radical (unpaired) electrons. The van der Waals surface area contributed by atoms with Crippen molar-refractivity contribution in [3.05, 3.63) is 78.5 Å². The maximum Gasteiger partial charge on any atom is 0.387 e. The van der Waals surface area contributed by atoms with Crippen LogP contribution in [-0.4, -0.2) is 30.7 Å². The van der Waals surface area contributed by atoms with Crippen molar-refractivity contribution in [3.8, 4) is 23.1 Å². The number of rotatable bonds is 10. The van der Waals surface area contributed by atoms with E-state index in [1.165, 1.54) is 6.07 Å². The molecule has 0 saturated carbocycles. The second kappa shape index (κ2) is 10.8. The quantitative estimate of drug-likeness (QED) is 0.538. The number of para-hydroxylation sites is 1. The molecular weight excluding hydrogens is 394 g/mol. The molecule has 1 amide bonds. The molecule has 6 nitrogen and oxygen atoms in total. The second-order valence-electron chi connectivity index (χ2n) is 6.12. The Bertz CT molecular complexity index is 937. The second-order valence-corrected chi connectivity index (χ2v) is 6.12. The molecule has 0 atom stereocenters. The molecule has 0 unspecified atom stereocenters. The molecule has 8 heteroatoms. The summed E-state index contributed by atoms with van der Waals surface area (Å²) in [6.07, 6.45) is 1.99. The van der Waals surface area contributed by atoms with Crippen LogP contribution in [0.15, 0.2) is 72.9 Å². The first-order valence-corrected chi connectivity index (χ1v) is 9.21. The Labute approximate surface area is 172 Å². The minimum absolute atomic E-state index is 0.103. The van der Waals surface area contributed by atoms with Gasteiger partial charge in [-0.05, 0) is 48.4 Å². The van der Waals surface area contributed by atoms with E-state index in [0.717, 1.165) is 0 Å². The molecule has 0 aliphatic heterocycles. The highest BCUT2D eigenvalue weighted by atomic mass is 19.3. The molecule has 0 fully saturated rings. The molecule has 0 saturated heterocycles. The molecule has 0 aliphatic rings. The van der Waals surface area contributed by atoms with Gasteiger partial charge in [0.15, 0.2) is 6.61 Å². The van der Waals surface area contributed by atoms with E-state index in [4.69, 9.17) is 9.47 Å². The van der Waals surface area contributed by atoms with E-state index >= 15 is 0 Å². The molecule has 3 aromatic rings. The Morgan fingerprint density at radius 1 is 0.967 bits per heavy atom. The van der Waals surface area contributed by atoms with E-state index < -0.39 is 6.61 Å². The predicted molar refractivity (Wildman–Crippen MR) is 106 cm³/mol. The summed E-state index contributed by atoms with van der Waals surface area (Å²) in [7, 11) is 0. The number of carbonyl (C=O) groups excluding carboxylic acids is 1. The molecule has 156 valence electrons. The number of aromatic nitrogens is 1. The number of halogens is 2. The van der Waals surface area contributed by atoms with Gasteiger partial charge in [0.05, 0.1) is 0 Å². The summed E-state index contributed by atoms with van der Waals surface area (Å²) in [5.74, 6) is 1.36. The minimum atomic E-state index is -2.89. The fourth-order valence-electron chi connectivity index (χ4n) is 2.59. The van der Waals surface area contributed by atoms with Crippen LogP contribution in [-0.2, 0) is 11.2 Å². The highest BCUT2D eigenvalue weighted by Crippen LogP contribution is 2.22. The molecule has 0 spiro atoms. The number of benzene rings is 2. The number of ether oxygens (including phenoxy) is 3. The van der Waals surface area contributed by atoms with Crippen LogP contribution in [0.2, 0.25) is 0 Å². The average molecular weight is 414 g/mol. The maximum absolute atomic E-state index is 12.4. The molecule has 3 rings (SSSR count). The van der Waals surface area contributed by atoms with Gasteiger partial charge in [-0.2, -0.15) is 8.78 Å². The third kappa shape index (κ3) is 6.73. The number of alkyl halides is 2. The minimum Gasteiger partial charge on any atom is -0.484 e. The first-order chi connectivity index (χ1) is 14.6. The van der Waals surface area contributed by atoms with Gasteiger partial charge in [0, 0.05) is 18.8 Å². The molecule has 1 N–H and O–H groups in total. The van der Waals surface area contributed by atoms with Crippen LogP contribution in [0.4, 0.5) is 8.78 Å². The first-order valence-electron chi connectivity index (χ1n) is 9.21. The van der Waals surface area contributed by atoms with Gasteiger partial charge in [0.25, 0.3) is 5.91 Å². The molecule has 1 aromatic heterocycles. The summed E-state index contributed by atoms with van der Waals surface area (Å²) < 4.78 is 40.4. The number of hydrogen-bond donors (Lipinski definition) is 1. The Morgan fingerprint density at radius 2 is 1.70 bits per heavy atom. The summed E-state index contributed by atoms with van der Waals surface area (Å²) in [4.78, 5) is 16.0. The highest BCUT2D eigenvalue weighted by Gasteiger charge is 2.09. The number of carbonyl (C=O) groups is 1. The predicted octanol–water partition coefficient (Wildman–Crippen LogP) is 4.21. The van der Waals surface area contributed by atoms with Crippen LogP contribution < -0.4 is 19.5 Å². The van der Waals surface area contributed by atoms with Crippen LogP contribution in [0, 0.1) is 0 Å². The Morgan fingerprint density at radius 3 is 2.43 bits per heavy atom. The van der Waals surface area contributed by atoms with Crippen molar-refractivity contribution in [1.82, 2.24) is 10.3 Å². The summed E-state index contributed by atoms with van der Waals surface area (Å²) in [6, 6.07) is 18.6. The zero-order valence-corrected chi connectivity index (χ0v) is 16.0. The van der Waals surface area contributed by atoms with E-state index in [0.29, 0.717) is 29.4 Å². The lowest BCUT2D eigenvalue weighted by Crippen LogP contribution is -2.30. The van der Waals surface area contributed by atoms with Crippen molar-refractivity contribution < 1.29 is 27.8 Å². The normalized spacial score (nSPS) is 10.5. The van der Waals surface area contributed by atoms with Crippen molar-refractivity contribution in [3.63, 3.8) is 0 Å². The van der Waals surface area contributed by atoms with Gasteiger partial charge in [-0.25, -0.2) is 4.98 Å². The van der Waals surface area contributed by atoms with Crippen molar-refractivity contribution in [2.24, 2.45) is 0 Å². The molecule has 30 heavy (non-hydrogen) atoms. The summed E-state index contributed by atoms with van der Waals surface area (Å²) >= 11 is 0. The number of hydrogen-bond acceptors (Lipinski definition) is 5. The zero-order valence-electron chi connectivity index (χ0n) is 16.0. The Kier molecular flexibility index (Phi) is 7.54. The van der Waals surface area contributed by atoms with E-state index in [1.54, 1.807) is 60.8 Å². The fraction of sp³-hybridized carbons (Fsp3) is 0.182. The average Bonchev–Trinajstić information content (AvgIpc) is 2.75. The van der Waals surface area contributed by atoms with Crippen LogP contribution in [0.5, 0.6) is 23.1 Å². The number of amides is 1. The topological polar surface area (TPSA) is 69.7 Å². The fourth-order valence-corrected chi connectivity index (χ4v) is 2.59. The number of pyridine rings is 1. The molecule has 0 aliphatic carbocycles. The standard InChI is InChI=1S/C22H20F2N2O4/c23-22(24)30-19-6-2-1-5-16(19)12-14-25-20(27)15-28-17-8-10-18(11-9-17)29-21-7-3-4-13-26-21/h1-11,13,22H,12,14-15H2,(H,25,27). The Balaban J connectivity index is 1.41. The lowest BCUT2D eigenvalue weighted by Gasteiger charge is -2.11. The van der Waals surface area contributed by atoms with Crippen molar-refractivity contribution in [2.45, 2.75) is 13.0 Å². The van der Waals surface area contributed by atoms with Crippen LogP contribution in [0.3, 0.4) is 0 Å². The number of nitrogens with one attached hydrogen (secondary N) is 1. The molecule has 0 bridgehead atoms. The maximum atomic E-state index is 12.4. The van der Waals surface area contributed by atoms with E-state index in [2.05, 4.69) is 15.0 Å². The van der Waals surface area contributed by atoms with Crippen LogP contribution in [0.1, 0.15) is 5.56 Å². The van der Waals surface area contributed by atoms with Crippen LogP contribution >= 0.6 is 0 Å². The number of nitrogens with zero attached hydrogens (tertiary/aromatic N) is 1. The molecule has 1 heterocycles. The van der Waals surface area contributed by atoms with Gasteiger partial charge in [-0.1, -0.05) is 24.3 Å². The van der Waals surface area contributed by atoms with Gasteiger partial charge < -0.3 is 19.5 Å². The first kappa shape index (κ1) is 21.0. The van der Waals surface area contributed by atoms with Gasteiger partial charge in [0.1, 0.15) is 17.2 Å². The van der Waals surface area contributed by atoms with E-state index in [-0.39, 0.29) is 24.8 Å². The Hall–Kier alpha value is -3.68.